The fourth-order valence-corrected chi connectivity index (χ4v) is 3.50. The monoisotopic (exact) mass is 204 g/mol. The van der Waals surface area contributed by atoms with E-state index in [0.29, 0.717) is 0 Å². The zero-order valence-electron chi connectivity index (χ0n) is 5.16. The van der Waals surface area contributed by atoms with Crippen molar-refractivity contribution in [2.45, 2.75) is 14.9 Å². The molecule has 0 heterocycles. The van der Waals surface area contributed by atoms with Gasteiger partial charge in [0, 0.05) is 12.5 Å². The average Bonchev–Trinajstić information content (AvgIpc) is 1.14. The number of hydrogen-bond acceptors (Lipinski definition) is 4. The maximum Gasteiger partial charge on any atom is 0.161 e. The molecule has 11 heavy (non-hydrogen) atoms. The molecule has 0 radical (unpaired) electrons. The summed E-state index contributed by atoms with van der Waals surface area (Å²) in [4.78, 5) is 0. The molecular weight excluding hydrogens is 188 g/mol. The molecule has 0 unspecified atom stereocenters. The molecule has 72 valence electrons. The van der Waals surface area contributed by atoms with Crippen molar-refractivity contribution in [2.24, 2.45) is 0 Å². The second-order valence-corrected chi connectivity index (χ2v) is 6.62. The molecule has 0 rings (SSSR count). The van der Waals surface area contributed by atoms with Crippen molar-refractivity contribution in [1.29, 1.82) is 0 Å². The summed E-state index contributed by atoms with van der Waals surface area (Å²) in [5.74, 6) is 0. The lowest BCUT2D eigenvalue weighted by atomic mass is 11.9. The van der Waals surface area contributed by atoms with Gasteiger partial charge in [0.2, 0.25) is 0 Å². The molecule has 0 aromatic carbocycles. The Morgan fingerprint density at radius 1 is 0.818 bits per heavy atom. The molecule has 0 saturated heterocycles. The van der Waals surface area contributed by atoms with Gasteiger partial charge in [-0.25, -0.2) is 16.8 Å². The van der Waals surface area contributed by atoms with Gasteiger partial charge in [-0.15, -0.1) is 0 Å². The topological polar surface area (TPSA) is 68.3 Å². The van der Waals surface area contributed by atoms with E-state index in [1.165, 1.54) is 0 Å². The molecule has 4 nitrogen and oxygen atoms in total. The Morgan fingerprint density at radius 3 is 1.00 bits per heavy atom. The van der Waals surface area contributed by atoms with E-state index in [4.69, 9.17) is 0 Å². The lowest BCUT2D eigenvalue weighted by molar-refractivity contribution is 0.595. The molecule has 0 bridgehead atoms. The quantitative estimate of drug-likeness (QED) is 0.649. The van der Waals surface area contributed by atoms with Crippen molar-refractivity contribution >= 4 is 19.7 Å². The van der Waals surface area contributed by atoms with E-state index in [2.05, 4.69) is 0 Å². The lowest BCUT2D eigenvalue weighted by Crippen LogP contribution is -2.12. The van der Waals surface area contributed by atoms with Gasteiger partial charge >= 0.3 is 0 Å². The fraction of sp³-hybridized carbons (Fsp3) is 1.00. The van der Waals surface area contributed by atoms with Gasteiger partial charge in [0.25, 0.3) is 0 Å². The summed E-state index contributed by atoms with van der Waals surface area (Å²) in [7, 11) is -6.74. The molecule has 0 spiro atoms. The Balaban J connectivity index is -0.000000320. The summed E-state index contributed by atoms with van der Waals surface area (Å²) in [5.41, 5.74) is 0. The Kier molecular flexibility index (Phi) is 7.33. The van der Waals surface area contributed by atoms with Crippen molar-refractivity contribution in [3.05, 3.63) is 0 Å². The van der Waals surface area contributed by atoms with Gasteiger partial charge in [-0.3, -0.25) is 0 Å². The molecule has 0 aliphatic carbocycles. The van der Waals surface area contributed by atoms with Crippen LogP contribution in [0.25, 0.3) is 0 Å². The molecule has 0 aromatic heterocycles. The van der Waals surface area contributed by atoms with Gasteiger partial charge in [0.05, 0.1) is 0 Å². The second-order valence-electron chi connectivity index (χ2n) is 1.97. The first-order chi connectivity index (χ1) is 3.71. The molecule has 0 saturated carbocycles. The largest absolute Gasteiger partial charge is 0.228 e. The molecule has 0 amide bonds. The molecule has 0 N–H and O–H groups in total. The molecule has 6 heteroatoms. The van der Waals surface area contributed by atoms with Crippen LogP contribution in [-0.4, -0.2) is 34.4 Å². The minimum atomic E-state index is -3.37. The van der Waals surface area contributed by atoms with E-state index in [9.17, 15) is 16.8 Å². The standard InChI is InChI=1S/C3H8O4S2.2CH4/c1-8(4,5)3-9(2,6)7;;/h3H2,1-2H3;2*1H4. The first kappa shape index (κ1) is 17.1. The number of sulfone groups is 2. The normalized spacial score (nSPS) is 11.1. The highest BCUT2D eigenvalue weighted by Gasteiger charge is 2.11. The van der Waals surface area contributed by atoms with Gasteiger partial charge in [0.1, 0.15) is 0 Å². The zero-order valence-corrected chi connectivity index (χ0v) is 6.79. The summed E-state index contributed by atoms with van der Waals surface area (Å²) in [6.07, 6.45) is 1.77. The third kappa shape index (κ3) is 17.7. The van der Waals surface area contributed by atoms with E-state index in [0.717, 1.165) is 12.5 Å². The van der Waals surface area contributed by atoms with E-state index in [1.807, 2.05) is 0 Å². The average molecular weight is 204 g/mol. The highest BCUT2D eigenvalue weighted by atomic mass is 32.3. The van der Waals surface area contributed by atoms with Gasteiger partial charge < -0.3 is 0 Å². The first-order valence-corrected chi connectivity index (χ1v) is 6.18. The predicted molar refractivity (Wildman–Crippen MR) is 48.0 cm³/mol. The van der Waals surface area contributed by atoms with Crippen LogP contribution in [-0.2, 0) is 19.7 Å². The Hall–Kier alpha value is -0.100. The van der Waals surface area contributed by atoms with Crippen LogP contribution in [0.4, 0.5) is 0 Å². The third-order valence-corrected chi connectivity index (χ3v) is 3.85. The van der Waals surface area contributed by atoms with Crippen molar-refractivity contribution < 1.29 is 16.8 Å². The number of hydrogen-bond donors (Lipinski definition) is 0. The van der Waals surface area contributed by atoms with Crippen LogP contribution in [0.1, 0.15) is 14.9 Å². The third-order valence-electron chi connectivity index (χ3n) is 0.428. The van der Waals surface area contributed by atoms with Gasteiger partial charge in [-0.2, -0.15) is 0 Å². The summed E-state index contributed by atoms with van der Waals surface area (Å²) >= 11 is 0. The van der Waals surface area contributed by atoms with Crippen LogP contribution in [0.2, 0.25) is 0 Å². The Morgan fingerprint density at radius 2 is 1.00 bits per heavy atom. The van der Waals surface area contributed by atoms with Gasteiger partial charge in [-0.1, -0.05) is 14.9 Å². The fourth-order valence-electron chi connectivity index (χ4n) is 0.389. The van der Waals surface area contributed by atoms with Crippen molar-refractivity contribution in [1.82, 2.24) is 0 Å². The van der Waals surface area contributed by atoms with Crippen LogP contribution in [0.5, 0.6) is 0 Å². The predicted octanol–water partition coefficient (Wildman–Crippen LogP) is 0.305. The van der Waals surface area contributed by atoms with E-state index >= 15 is 0 Å². The molecular formula is C5H16O4S2. The summed E-state index contributed by atoms with van der Waals surface area (Å²) in [5, 5.41) is -0.764. The number of rotatable bonds is 2. The lowest BCUT2D eigenvalue weighted by Gasteiger charge is -1.91. The Labute approximate surface area is 69.5 Å². The molecule has 0 aliphatic heterocycles. The van der Waals surface area contributed by atoms with Gasteiger partial charge in [0.15, 0.2) is 24.8 Å². The molecule has 0 aromatic rings. The summed E-state index contributed by atoms with van der Waals surface area (Å²) < 4.78 is 41.1. The Bertz CT molecular complexity index is 242. The van der Waals surface area contributed by atoms with Crippen molar-refractivity contribution in [3.63, 3.8) is 0 Å². The van der Waals surface area contributed by atoms with Crippen LogP contribution in [0, 0.1) is 0 Å². The van der Waals surface area contributed by atoms with Crippen LogP contribution in [0.3, 0.4) is 0 Å². The smallest absolute Gasteiger partial charge is 0.161 e. The zero-order chi connectivity index (χ0) is 7.71. The summed E-state index contributed by atoms with van der Waals surface area (Å²) in [6, 6.07) is 0. The van der Waals surface area contributed by atoms with E-state index < -0.39 is 24.8 Å². The SMILES string of the molecule is C.C.CS(=O)(=O)CS(C)(=O)=O. The van der Waals surface area contributed by atoms with E-state index in [-0.39, 0.29) is 14.9 Å². The van der Waals surface area contributed by atoms with Crippen LogP contribution >= 0.6 is 0 Å². The highest BCUT2D eigenvalue weighted by molar-refractivity contribution is 8.07. The van der Waals surface area contributed by atoms with E-state index in [1.54, 1.807) is 0 Å². The maximum atomic E-state index is 10.3. The molecule has 0 fully saturated rings. The van der Waals surface area contributed by atoms with Crippen LogP contribution in [0.15, 0.2) is 0 Å². The minimum Gasteiger partial charge on any atom is -0.228 e. The molecule has 0 aliphatic rings. The summed E-state index contributed by atoms with van der Waals surface area (Å²) in [6.45, 7) is 0. The first-order valence-electron chi connectivity index (χ1n) is 2.06. The molecule has 0 atom stereocenters. The maximum absolute atomic E-state index is 10.3. The highest BCUT2D eigenvalue weighted by Crippen LogP contribution is 1.89. The van der Waals surface area contributed by atoms with Crippen molar-refractivity contribution in [2.75, 3.05) is 17.6 Å². The van der Waals surface area contributed by atoms with Gasteiger partial charge in [-0.05, 0) is 0 Å². The van der Waals surface area contributed by atoms with Crippen molar-refractivity contribution in [3.8, 4) is 0 Å². The second kappa shape index (κ2) is 4.71. The minimum absolute atomic E-state index is 0. The van der Waals surface area contributed by atoms with Crippen LogP contribution < -0.4 is 0 Å².